The monoisotopic (exact) mass is 442 g/mol. The predicted octanol–water partition coefficient (Wildman–Crippen LogP) is 3.13. The van der Waals surface area contributed by atoms with Crippen LogP contribution in [-0.2, 0) is 19.1 Å². The van der Waals surface area contributed by atoms with Crippen molar-refractivity contribution in [3.8, 4) is 11.5 Å². The molecule has 2 aromatic carbocycles. The van der Waals surface area contributed by atoms with Crippen LogP contribution in [0.3, 0.4) is 0 Å². The van der Waals surface area contributed by atoms with Gasteiger partial charge in [0.15, 0.2) is 11.6 Å². The van der Waals surface area contributed by atoms with Gasteiger partial charge in [-0.3, -0.25) is 19.2 Å². The lowest BCUT2D eigenvalue weighted by Gasteiger charge is -2.22. The molecule has 0 N–H and O–H groups in total. The van der Waals surface area contributed by atoms with Crippen LogP contribution in [0.2, 0.25) is 0 Å². The third-order valence-corrected chi connectivity index (χ3v) is 4.73. The van der Waals surface area contributed by atoms with Gasteiger partial charge in [-0.25, -0.2) is 0 Å². The molecule has 0 aliphatic heterocycles. The molecule has 0 amide bonds. The summed E-state index contributed by atoms with van der Waals surface area (Å²) >= 11 is 0. The molecule has 0 spiro atoms. The average Bonchev–Trinajstić information content (AvgIpc) is 2.82. The van der Waals surface area contributed by atoms with Crippen LogP contribution in [-0.4, -0.2) is 50.9 Å². The van der Waals surface area contributed by atoms with E-state index in [9.17, 15) is 19.2 Å². The van der Waals surface area contributed by atoms with Crippen molar-refractivity contribution < 1.29 is 38.1 Å². The number of methoxy groups -OCH3 is 2. The molecule has 0 saturated heterocycles. The van der Waals surface area contributed by atoms with Gasteiger partial charge in [-0.1, -0.05) is 0 Å². The Bertz CT molecular complexity index is 867. The molecule has 2 rings (SSSR count). The number of carbonyl (C=O) groups is 4. The van der Waals surface area contributed by atoms with Crippen LogP contribution in [0.15, 0.2) is 48.5 Å². The molecule has 0 heterocycles. The lowest BCUT2D eigenvalue weighted by Crippen LogP contribution is -2.42. The molecule has 0 radical (unpaired) electrons. The third kappa shape index (κ3) is 5.72. The van der Waals surface area contributed by atoms with E-state index in [2.05, 4.69) is 0 Å². The van der Waals surface area contributed by atoms with E-state index in [0.29, 0.717) is 11.5 Å². The highest BCUT2D eigenvalue weighted by Gasteiger charge is 2.46. The standard InChI is InChI=1S/C24H26O8/c1-5-31-23(27)19(21(25)15-7-11-17(29-3)12-8-15)20(24(28)32-6-2)22(26)16-9-13-18(30-4)14-10-16/h7-14,19-20H,5-6H2,1-4H3. The van der Waals surface area contributed by atoms with Gasteiger partial charge in [-0.05, 0) is 62.4 Å². The van der Waals surface area contributed by atoms with Gasteiger partial charge in [-0.15, -0.1) is 0 Å². The average molecular weight is 442 g/mol. The van der Waals surface area contributed by atoms with E-state index < -0.39 is 35.3 Å². The maximum Gasteiger partial charge on any atom is 0.318 e. The van der Waals surface area contributed by atoms with Crippen LogP contribution < -0.4 is 9.47 Å². The SMILES string of the molecule is CCOC(=O)C(C(=O)c1ccc(OC)cc1)C(C(=O)OCC)C(=O)c1ccc(OC)cc1. The van der Waals surface area contributed by atoms with Crippen LogP contribution in [0.25, 0.3) is 0 Å². The maximum absolute atomic E-state index is 13.3. The van der Waals surface area contributed by atoms with E-state index in [1.165, 1.54) is 38.5 Å². The number of ketones is 2. The van der Waals surface area contributed by atoms with Crippen molar-refractivity contribution in [2.24, 2.45) is 11.8 Å². The molecule has 0 fully saturated rings. The number of ether oxygens (including phenoxy) is 4. The normalized spacial score (nSPS) is 12.2. The van der Waals surface area contributed by atoms with E-state index >= 15 is 0 Å². The van der Waals surface area contributed by atoms with E-state index in [4.69, 9.17) is 18.9 Å². The third-order valence-electron chi connectivity index (χ3n) is 4.73. The maximum atomic E-state index is 13.3. The molecular weight excluding hydrogens is 416 g/mol. The topological polar surface area (TPSA) is 105 Å². The fraction of sp³-hybridized carbons (Fsp3) is 0.333. The van der Waals surface area contributed by atoms with Crippen LogP contribution in [0.1, 0.15) is 34.6 Å². The molecular formula is C24H26O8. The van der Waals surface area contributed by atoms with Crippen molar-refractivity contribution in [1.29, 1.82) is 0 Å². The quantitative estimate of drug-likeness (QED) is 0.297. The Balaban J connectivity index is 2.54. The van der Waals surface area contributed by atoms with Crippen LogP contribution in [0.4, 0.5) is 0 Å². The first-order chi connectivity index (χ1) is 15.4. The summed E-state index contributed by atoms with van der Waals surface area (Å²) in [6.45, 7) is 3.07. The number of rotatable bonds is 11. The van der Waals surface area contributed by atoms with Gasteiger partial charge in [0.1, 0.15) is 23.3 Å². The van der Waals surface area contributed by atoms with Gasteiger partial charge in [0.05, 0.1) is 27.4 Å². The predicted molar refractivity (Wildman–Crippen MR) is 115 cm³/mol. The minimum absolute atomic E-state index is 0.0303. The number of hydrogen-bond acceptors (Lipinski definition) is 8. The zero-order chi connectivity index (χ0) is 23.7. The molecule has 0 aromatic heterocycles. The molecule has 170 valence electrons. The van der Waals surface area contributed by atoms with Gasteiger partial charge in [0, 0.05) is 11.1 Å². The Hall–Kier alpha value is -3.68. The zero-order valence-electron chi connectivity index (χ0n) is 18.5. The van der Waals surface area contributed by atoms with Gasteiger partial charge in [0.25, 0.3) is 0 Å². The number of esters is 2. The van der Waals surface area contributed by atoms with Crippen LogP contribution in [0.5, 0.6) is 11.5 Å². The van der Waals surface area contributed by atoms with E-state index in [0.717, 1.165) is 0 Å². The van der Waals surface area contributed by atoms with E-state index in [1.54, 1.807) is 38.1 Å². The van der Waals surface area contributed by atoms with Gasteiger partial charge in [-0.2, -0.15) is 0 Å². The molecule has 2 aromatic rings. The Kier molecular flexibility index (Phi) is 8.95. The number of carbonyl (C=O) groups excluding carboxylic acids is 4. The fourth-order valence-corrected chi connectivity index (χ4v) is 3.12. The highest BCUT2D eigenvalue weighted by Crippen LogP contribution is 2.27. The van der Waals surface area contributed by atoms with Crippen molar-refractivity contribution >= 4 is 23.5 Å². The minimum Gasteiger partial charge on any atom is -0.497 e. The van der Waals surface area contributed by atoms with Gasteiger partial charge < -0.3 is 18.9 Å². The Labute approximate surface area is 186 Å². The van der Waals surface area contributed by atoms with E-state index in [1.807, 2.05) is 0 Å². The Morgan fingerprint density at radius 3 is 1.19 bits per heavy atom. The first-order valence-electron chi connectivity index (χ1n) is 10.1. The summed E-state index contributed by atoms with van der Waals surface area (Å²) in [5.74, 6) is -5.83. The Morgan fingerprint density at radius 2 is 0.938 bits per heavy atom. The fourth-order valence-electron chi connectivity index (χ4n) is 3.12. The zero-order valence-corrected chi connectivity index (χ0v) is 18.5. The second-order valence-electron chi connectivity index (χ2n) is 6.64. The minimum atomic E-state index is -1.71. The molecule has 32 heavy (non-hydrogen) atoms. The summed E-state index contributed by atoms with van der Waals surface area (Å²) in [4.78, 5) is 52.3. The second-order valence-corrected chi connectivity index (χ2v) is 6.64. The summed E-state index contributed by atoms with van der Waals surface area (Å²) in [6.07, 6.45) is 0. The van der Waals surface area contributed by atoms with Gasteiger partial charge in [0.2, 0.25) is 0 Å². The highest BCUT2D eigenvalue weighted by molar-refractivity contribution is 6.19. The van der Waals surface area contributed by atoms with E-state index in [-0.39, 0.29) is 24.3 Å². The lowest BCUT2D eigenvalue weighted by molar-refractivity contribution is -0.156. The Morgan fingerprint density at radius 1 is 0.625 bits per heavy atom. The summed E-state index contributed by atoms with van der Waals surface area (Å²) < 4.78 is 20.3. The van der Waals surface area contributed by atoms with Crippen molar-refractivity contribution in [1.82, 2.24) is 0 Å². The molecule has 0 saturated carbocycles. The molecule has 8 heteroatoms. The molecule has 0 aliphatic carbocycles. The first-order valence-corrected chi connectivity index (χ1v) is 10.1. The largest absolute Gasteiger partial charge is 0.497 e. The first kappa shape index (κ1) is 24.6. The van der Waals surface area contributed by atoms with Crippen molar-refractivity contribution in [2.75, 3.05) is 27.4 Å². The molecule has 8 nitrogen and oxygen atoms in total. The highest BCUT2D eigenvalue weighted by atomic mass is 16.5. The summed E-state index contributed by atoms with van der Waals surface area (Å²) in [6, 6.07) is 12.0. The number of hydrogen-bond donors (Lipinski definition) is 0. The summed E-state index contributed by atoms with van der Waals surface area (Å²) in [5, 5.41) is 0. The van der Waals surface area contributed by atoms with Crippen molar-refractivity contribution in [2.45, 2.75) is 13.8 Å². The molecule has 2 unspecified atom stereocenters. The van der Waals surface area contributed by atoms with Crippen LogP contribution in [0, 0.1) is 11.8 Å². The lowest BCUT2D eigenvalue weighted by atomic mass is 9.80. The van der Waals surface area contributed by atoms with Crippen LogP contribution >= 0.6 is 0 Å². The summed E-state index contributed by atoms with van der Waals surface area (Å²) in [7, 11) is 2.95. The number of Topliss-reactive ketones (excluding diaryl/α,β-unsaturated/α-hetero) is 2. The van der Waals surface area contributed by atoms with Crippen molar-refractivity contribution in [3.05, 3.63) is 59.7 Å². The molecule has 0 aliphatic rings. The second kappa shape index (κ2) is 11.6. The molecule has 2 atom stereocenters. The van der Waals surface area contributed by atoms with Crippen molar-refractivity contribution in [3.63, 3.8) is 0 Å². The summed E-state index contributed by atoms with van der Waals surface area (Å²) in [5.41, 5.74) is 0.251. The smallest absolute Gasteiger partial charge is 0.318 e. The van der Waals surface area contributed by atoms with Gasteiger partial charge >= 0.3 is 11.9 Å². The number of benzene rings is 2. The molecule has 0 bridgehead atoms.